The van der Waals surface area contributed by atoms with E-state index in [1.54, 1.807) is 0 Å². The van der Waals surface area contributed by atoms with E-state index >= 15 is 0 Å². The summed E-state index contributed by atoms with van der Waals surface area (Å²) in [5.41, 5.74) is 0.780. The molecule has 3 unspecified atom stereocenters. The van der Waals surface area contributed by atoms with Crippen molar-refractivity contribution < 1.29 is 28.2 Å². The normalized spacial score (nSPS) is 17.1. The third kappa shape index (κ3) is 14.8. The van der Waals surface area contributed by atoms with Gasteiger partial charge in [0.2, 0.25) is 21.8 Å². The number of hydrogen-bond donors (Lipinski definition) is 5. The van der Waals surface area contributed by atoms with Crippen LogP contribution in [0.15, 0.2) is 30.3 Å². The fourth-order valence-electron chi connectivity index (χ4n) is 6.00. The maximum atomic E-state index is 13.8. The number of rotatable bonds is 22. The Balaban J connectivity index is 2.24. The lowest BCUT2D eigenvalue weighted by atomic mass is 9.82. The summed E-state index contributed by atoms with van der Waals surface area (Å²) in [7, 11) is -2.33. The molecule has 0 radical (unpaired) electrons. The molecule has 262 valence electrons. The number of nitrogens with zero attached hydrogens (tertiary/aromatic N) is 1. The van der Waals surface area contributed by atoms with Crippen molar-refractivity contribution in [1.29, 1.82) is 0 Å². The smallest absolute Gasteiger partial charge is 0.243 e. The van der Waals surface area contributed by atoms with Gasteiger partial charge in [-0.15, -0.1) is 24.7 Å². The number of unbranched alkanes of at least 4 members (excludes halogenated alkanes) is 1. The molecule has 2 amide bonds. The lowest BCUT2D eigenvalue weighted by Gasteiger charge is -2.33. The van der Waals surface area contributed by atoms with E-state index in [2.05, 4.69) is 27.8 Å². The molecule has 0 spiro atoms. The van der Waals surface area contributed by atoms with Gasteiger partial charge in [-0.1, -0.05) is 69.4 Å². The number of sulfonamides is 1. The first-order valence-corrected chi connectivity index (χ1v) is 18.7. The number of carbonyl (C=O) groups excluding carboxylic acids is 2. The highest BCUT2D eigenvalue weighted by Crippen LogP contribution is 2.29. The maximum Gasteiger partial charge on any atom is 0.243 e. The predicted molar refractivity (Wildman–Crippen MR) is 186 cm³/mol. The van der Waals surface area contributed by atoms with Crippen LogP contribution in [0.5, 0.6) is 0 Å². The summed E-state index contributed by atoms with van der Waals surface area (Å²) in [6, 6.07) is 7.19. The highest BCUT2D eigenvalue weighted by Gasteiger charge is 2.34. The van der Waals surface area contributed by atoms with Crippen molar-refractivity contribution in [3.63, 3.8) is 0 Å². The Morgan fingerprint density at radius 1 is 1.02 bits per heavy atom. The van der Waals surface area contributed by atoms with Crippen LogP contribution >= 0.6 is 0 Å². The summed E-state index contributed by atoms with van der Waals surface area (Å²) in [6.07, 6.45) is 16.5. The van der Waals surface area contributed by atoms with Crippen LogP contribution in [0.2, 0.25) is 0 Å². The molecule has 1 saturated carbocycles. The largest absolute Gasteiger partial charge is 0.390 e. The van der Waals surface area contributed by atoms with Gasteiger partial charge in [0.1, 0.15) is 6.04 Å². The maximum absolute atomic E-state index is 13.8. The standard InChI is InChI=1S/C36H56N4O6S/c1-5-8-11-21-33(41)34(42)32(26-29-19-14-10-15-20-29)39-36(44)31(16-6-2)38-35(43)30(25-28-17-12-9-13-18-28)27-47(45,46)40(4)24-23-37-22-7-3/h1-2,9,12-13,17-18,29-34,37,41-42H,7-8,10-11,14-16,19-27H2,3-4H3,(H,38,43)(H,39,44)/t30?,31-,32?,33?,34+/m0/s1. The molecule has 10 nitrogen and oxygen atoms in total. The van der Waals surface area contributed by atoms with E-state index < -0.39 is 57.8 Å². The van der Waals surface area contributed by atoms with Crippen LogP contribution in [0.3, 0.4) is 0 Å². The second-order valence-electron chi connectivity index (χ2n) is 12.7. The van der Waals surface area contributed by atoms with E-state index in [1.807, 2.05) is 37.3 Å². The van der Waals surface area contributed by atoms with Gasteiger partial charge in [0.15, 0.2) is 0 Å². The first-order chi connectivity index (χ1) is 22.5. The summed E-state index contributed by atoms with van der Waals surface area (Å²) in [4.78, 5) is 27.4. The number of likely N-dealkylation sites (N-methyl/N-ethyl adjacent to an activating group) is 1. The first kappa shape index (κ1) is 40.2. The molecule has 0 aromatic heterocycles. The molecule has 0 heterocycles. The average Bonchev–Trinajstić information content (AvgIpc) is 3.06. The Morgan fingerprint density at radius 3 is 2.36 bits per heavy atom. The monoisotopic (exact) mass is 672 g/mol. The van der Waals surface area contributed by atoms with Gasteiger partial charge in [-0.25, -0.2) is 12.7 Å². The Bertz CT molecular complexity index is 1260. The van der Waals surface area contributed by atoms with Crippen molar-refractivity contribution in [2.45, 2.75) is 108 Å². The zero-order valence-corrected chi connectivity index (χ0v) is 29.0. The van der Waals surface area contributed by atoms with Crippen LogP contribution in [-0.2, 0) is 26.0 Å². The number of amides is 2. The van der Waals surface area contributed by atoms with Gasteiger partial charge in [-0.3, -0.25) is 9.59 Å². The van der Waals surface area contributed by atoms with Gasteiger partial charge in [0.25, 0.3) is 0 Å². The molecular formula is C36H56N4O6S. The van der Waals surface area contributed by atoms with Gasteiger partial charge >= 0.3 is 0 Å². The zero-order chi connectivity index (χ0) is 34.7. The van der Waals surface area contributed by atoms with Crippen molar-refractivity contribution >= 4 is 21.8 Å². The molecule has 0 bridgehead atoms. The number of nitrogens with one attached hydrogen (secondary N) is 3. The van der Waals surface area contributed by atoms with Gasteiger partial charge in [-0.05, 0) is 50.1 Å². The summed E-state index contributed by atoms with van der Waals surface area (Å²) in [5.74, 6) is 2.60. The van der Waals surface area contributed by atoms with E-state index in [-0.39, 0.29) is 31.7 Å². The summed E-state index contributed by atoms with van der Waals surface area (Å²) < 4.78 is 28.0. The van der Waals surface area contributed by atoms with Crippen LogP contribution in [-0.4, -0.2) is 91.5 Å². The van der Waals surface area contributed by atoms with Crippen LogP contribution in [0.25, 0.3) is 0 Å². The number of terminal acetylenes is 2. The average molecular weight is 673 g/mol. The lowest BCUT2D eigenvalue weighted by molar-refractivity contribution is -0.132. The van der Waals surface area contributed by atoms with Crippen molar-refractivity contribution in [3.8, 4) is 24.7 Å². The molecule has 11 heteroatoms. The topological polar surface area (TPSA) is 148 Å². The molecule has 2 rings (SSSR count). The van der Waals surface area contributed by atoms with Crippen LogP contribution in [0.1, 0.15) is 83.1 Å². The first-order valence-electron chi connectivity index (χ1n) is 17.0. The highest BCUT2D eigenvalue weighted by atomic mass is 32.2. The number of carbonyl (C=O) groups is 2. The van der Waals surface area contributed by atoms with Crippen LogP contribution in [0.4, 0.5) is 0 Å². The van der Waals surface area contributed by atoms with E-state index in [0.29, 0.717) is 25.8 Å². The number of aliphatic hydroxyl groups excluding tert-OH is 2. The Morgan fingerprint density at radius 2 is 1.72 bits per heavy atom. The third-order valence-corrected chi connectivity index (χ3v) is 10.8. The lowest BCUT2D eigenvalue weighted by Crippen LogP contribution is -2.56. The minimum Gasteiger partial charge on any atom is -0.390 e. The molecular weight excluding hydrogens is 616 g/mol. The molecule has 5 N–H and O–H groups in total. The third-order valence-electron chi connectivity index (χ3n) is 8.83. The number of aliphatic hydroxyl groups is 2. The Kier molecular flexibility index (Phi) is 18.7. The minimum absolute atomic E-state index is 0.137. The minimum atomic E-state index is -3.83. The Hall–Kier alpha value is -2.93. The molecule has 0 aliphatic heterocycles. The van der Waals surface area contributed by atoms with Crippen molar-refractivity contribution in [3.05, 3.63) is 35.9 Å². The number of hydrogen-bond acceptors (Lipinski definition) is 7. The fourth-order valence-corrected chi connectivity index (χ4v) is 7.40. The Labute approximate surface area is 282 Å². The number of benzene rings is 1. The summed E-state index contributed by atoms with van der Waals surface area (Å²) >= 11 is 0. The van der Waals surface area contributed by atoms with Crippen molar-refractivity contribution in [1.82, 2.24) is 20.3 Å². The summed E-state index contributed by atoms with van der Waals surface area (Å²) in [6.45, 7) is 3.54. The molecule has 47 heavy (non-hydrogen) atoms. The van der Waals surface area contributed by atoms with Gasteiger partial charge in [0.05, 0.1) is 29.9 Å². The van der Waals surface area contributed by atoms with E-state index in [9.17, 15) is 28.2 Å². The fraction of sp³-hybridized carbons (Fsp3) is 0.667. The quantitative estimate of drug-likeness (QED) is 0.0940. The van der Waals surface area contributed by atoms with Crippen LogP contribution < -0.4 is 16.0 Å². The van der Waals surface area contributed by atoms with E-state index in [4.69, 9.17) is 12.8 Å². The molecule has 1 aromatic carbocycles. The van der Waals surface area contributed by atoms with Crippen LogP contribution in [0, 0.1) is 36.5 Å². The predicted octanol–water partition coefficient (Wildman–Crippen LogP) is 2.60. The van der Waals surface area contributed by atoms with Crippen molar-refractivity contribution in [2.75, 3.05) is 32.4 Å². The molecule has 5 atom stereocenters. The van der Waals surface area contributed by atoms with Crippen molar-refractivity contribution in [2.24, 2.45) is 11.8 Å². The zero-order valence-electron chi connectivity index (χ0n) is 28.2. The van der Waals surface area contributed by atoms with E-state index in [1.165, 1.54) is 11.4 Å². The molecule has 1 aromatic rings. The molecule has 1 fully saturated rings. The molecule has 1 aliphatic rings. The van der Waals surface area contributed by atoms with E-state index in [0.717, 1.165) is 50.6 Å². The second kappa shape index (κ2) is 21.8. The SMILES string of the molecule is C#CCCCC(O)[C@H](O)C(CC1CCCCC1)NC(=O)[C@H](CC#C)NC(=O)C(Cc1ccccc1)CS(=O)(=O)N(C)CCNCCC. The molecule has 0 saturated heterocycles. The summed E-state index contributed by atoms with van der Waals surface area (Å²) in [5, 5.41) is 30.7. The van der Waals surface area contributed by atoms with Gasteiger partial charge < -0.3 is 26.2 Å². The van der Waals surface area contributed by atoms with Gasteiger partial charge in [0, 0.05) is 33.0 Å². The molecule has 1 aliphatic carbocycles. The van der Waals surface area contributed by atoms with Gasteiger partial charge in [-0.2, -0.15) is 0 Å². The second-order valence-corrected chi connectivity index (χ2v) is 14.8. The highest BCUT2D eigenvalue weighted by molar-refractivity contribution is 7.89.